The first-order valence-corrected chi connectivity index (χ1v) is 13.6. The van der Waals surface area contributed by atoms with Crippen molar-refractivity contribution in [3.8, 4) is 0 Å². The number of aromatic nitrogens is 4. The molecule has 1 fully saturated rings. The molecule has 0 atom stereocenters. The Morgan fingerprint density at radius 1 is 0.974 bits per heavy atom. The second-order valence-corrected chi connectivity index (χ2v) is 10.6. The van der Waals surface area contributed by atoms with E-state index in [2.05, 4.69) is 58.1 Å². The fourth-order valence-electron chi connectivity index (χ4n) is 4.84. The molecule has 10 nitrogen and oxygen atoms in total. The van der Waals surface area contributed by atoms with Crippen molar-refractivity contribution in [3.05, 3.63) is 60.4 Å². The molecule has 3 heterocycles. The van der Waals surface area contributed by atoms with Crippen LogP contribution in [0.1, 0.15) is 56.9 Å². The number of nitrogens with zero attached hydrogens (tertiary/aromatic N) is 5. The highest BCUT2D eigenvalue weighted by atomic mass is 16.1. The maximum absolute atomic E-state index is 12.7. The molecule has 5 N–H and O–H groups in total. The number of anilines is 5. The molecule has 1 amide bonds. The van der Waals surface area contributed by atoms with E-state index in [1.165, 1.54) is 0 Å². The van der Waals surface area contributed by atoms with E-state index >= 15 is 0 Å². The number of hydrogen-bond acceptors (Lipinski definition) is 8. The summed E-state index contributed by atoms with van der Waals surface area (Å²) in [6, 6.07) is 15.4. The van der Waals surface area contributed by atoms with Crippen LogP contribution in [0.2, 0.25) is 0 Å². The number of imidazole rings is 1. The van der Waals surface area contributed by atoms with E-state index in [4.69, 9.17) is 15.7 Å². The number of nitrogens with one attached hydrogen (secondary N) is 3. The third-order valence-corrected chi connectivity index (χ3v) is 7.13. The highest BCUT2D eigenvalue weighted by Gasteiger charge is 2.23. The zero-order valence-electron chi connectivity index (χ0n) is 23.0. The van der Waals surface area contributed by atoms with Gasteiger partial charge in [0.05, 0.1) is 6.33 Å². The van der Waals surface area contributed by atoms with Gasteiger partial charge in [0.2, 0.25) is 5.95 Å². The van der Waals surface area contributed by atoms with Crippen LogP contribution >= 0.6 is 0 Å². The Balaban J connectivity index is 1.38. The smallest absolute Gasteiger partial charge is 0.255 e. The van der Waals surface area contributed by atoms with Gasteiger partial charge in [0.15, 0.2) is 17.0 Å². The lowest BCUT2D eigenvalue weighted by Crippen LogP contribution is -2.42. The molecule has 4 aromatic rings. The summed E-state index contributed by atoms with van der Waals surface area (Å²) in [6.45, 7) is 10.8. The zero-order valence-corrected chi connectivity index (χ0v) is 23.0. The van der Waals surface area contributed by atoms with Gasteiger partial charge in [-0.05, 0) is 83.0 Å². The van der Waals surface area contributed by atoms with Gasteiger partial charge in [0.1, 0.15) is 0 Å². The van der Waals surface area contributed by atoms with Gasteiger partial charge in [-0.2, -0.15) is 9.97 Å². The summed E-state index contributed by atoms with van der Waals surface area (Å²) in [7, 11) is 0. The second-order valence-electron chi connectivity index (χ2n) is 10.6. The van der Waals surface area contributed by atoms with Crippen LogP contribution in [0.4, 0.5) is 28.8 Å². The van der Waals surface area contributed by atoms with Crippen molar-refractivity contribution in [1.82, 2.24) is 24.4 Å². The van der Waals surface area contributed by atoms with Gasteiger partial charge in [-0.1, -0.05) is 6.07 Å². The molecule has 1 aliphatic heterocycles. The van der Waals surface area contributed by atoms with Crippen molar-refractivity contribution in [3.63, 3.8) is 0 Å². The summed E-state index contributed by atoms with van der Waals surface area (Å²) in [4.78, 5) is 29.5. The topological polar surface area (TPSA) is 126 Å². The average Bonchev–Trinajstić information content (AvgIpc) is 3.34. The molecule has 0 saturated carbocycles. The molecule has 2 aromatic heterocycles. The van der Waals surface area contributed by atoms with Crippen molar-refractivity contribution < 1.29 is 4.79 Å². The van der Waals surface area contributed by atoms with E-state index in [-0.39, 0.29) is 11.9 Å². The SMILES string of the molecule is CC(C)N1CCC(Nc2nc(Nc3cccc(NC(=O)c4ccc(N)cc4)c3)c3ncn(C(C)C)c3n2)CC1. The van der Waals surface area contributed by atoms with Gasteiger partial charge in [-0.25, -0.2) is 4.98 Å². The number of benzene rings is 2. The lowest BCUT2D eigenvalue weighted by molar-refractivity contribution is 0.102. The van der Waals surface area contributed by atoms with Crippen LogP contribution in [-0.2, 0) is 0 Å². The number of hydrogen-bond donors (Lipinski definition) is 4. The molecule has 1 saturated heterocycles. The van der Waals surface area contributed by atoms with Crippen LogP contribution in [-0.4, -0.2) is 55.5 Å². The summed E-state index contributed by atoms with van der Waals surface area (Å²) >= 11 is 0. The van der Waals surface area contributed by atoms with Crippen LogP contribution in [0, 0.1) is 0 Å². The Bertz CT molecular complexity index is 1440. The molecule has 39 heavy (non-hydrogen) atoms. The number of carbonyl (C=O) groups excluding carboxylic acids is 1. The van der Waals surface area contributed by atoms with Gasteiger partial charge in [-0.3, -0.25) is 4.79 Å². The zero-order chi connectivity index (χ0) is 27.5. The van der Waals surface area contributed by atoms with Gasteiger partial charge >= 0.3 is 0 Å². The minimum Gasteiger partial charge on any atom is -0.399 e. The normalized spacial score (nSPS) is 14.7. The van der Waals surface area contributed by atoms with Gasteiger partial charge in [0, 0.05) is 53.8 Å². The Morgan fingerprint density at radius 3 is 2.38 bits per heavy atom. The predicted molar refractivity (Wildman–Crippen MR) is 158 cm³/mol. The molecule has 10 heteroatoms. The number of likely N-dealkylation sites (tertiary alicyclic amines) is 1. The summed E-state index contributed by atoms with van der Waals surface area (Å²) in [5, 5.41) is 9.94. The molecular weight excluding hydrogens is 490 g/mol. The van der Waals surface area contributed by atoms with Crippen LogP contribution in [0.25, 0.3) is 11.2 Å². The summed E-state index contributed by atoms with van der Waals surface area (Å²) in [6.07, 6.45) is 3.90. The number of rotatable bonds is 8. The molecule has 5 rings (SSSR count). The predicted octanol–water partition coefficient (Wildman–Crippen LogP) is 5.27. The Morgan fingerprint density at radius 2 is 1.69 bits per heavy atom. The monoisotopic (exact) mass is 527 g/mol. The molecule has 0 spiro atoms. The highest BCUT2D eigenvalue weighted by molar-refractivity contribution is 6.04. The number of fused-ring (bicyclic) bond motifs is 1. The van der Waals surface area contributed by atoms with Crippen LogP contribution < -0.4 is 21.7 Å². The van der Waals surface area contributed by atoms with Crippen molar-refractivity contribution in [2.24, 2.45) is 0 Å². The van der Waals surface area contributed by atoms with Crippen LogP contribution in [0.5, 0.6) is 0 Å². The van der Waals surface area contributed by atoms with E-state index in [0.29, 0.717) is 46.3 Å². The third kappa shape index (κ3) is 6.12. The maximum Gasteiger partial charge on any atom is 0.255 e. The standard InChI is InChI=1S/C29H37N9O/c1-18(2)37-14-12-22(13-15-37)34-29-35-26(25-27(36-29)38(17-31-25)19(3)4)32-23-6-5-7-24(16-23)33-28(39)20-8-10-21(30)11-9-20/h5-11,16-19,22H,12-15,30H2,1-4H3,(H,33,39)(H2,32,34,35,36). The largest absolute Gasteiger partial charge is 0.399 e. The lowest BCUT2D eigenvalue weighted by atomic mass is 10.0. The van der Waals surface area contributed by atoms with Gasteiger partial charge in [0.25, 0.3) is 5.91 Å². The Kier molecular flexibility index (Phi) is 7.65. The summed E-state index contributed by atoms with van der Waals surface area (Å²) in [5.74, 6) is 0.994. The number of nitrogens with two attached hydrogens (primary N) is 1. The van der Waals surface area contributed by atoms with Crippen molar-refractivity contribution >= 4 is 45.9 Å². The molecule has 204 valence electrons. The highest BCUT2D eigenvalue weighted by Crippen LogP contribution is 2.28. The van der Waals surface area contributed by atoms with Crippen molar-refractivity contribution in [2.75, 3.05) is 34.8 Å². The number of nitrogen functional groups attached to an aromatic ring is 1. The van der Waals surface area contributed by atoms with E-state index in [1.54, 1.807) is 24.3 Å². The first-order chi connectivity index (χ1) is 18.8. The first-order valence-electron chi connectivity index (χ1n) is 13.6. The number of piperidine rings is 1. The second kappa shape index (κ2) is 11.3. The number of carbonyl (C=O) groups is 1. The maximum atomic E-state index is 12.7. The summed E-state index contributed by atoms with van der Waals surface area (Å²) in [5.41, 5.74) is 9.81. The molecular formula is C29H37N9O. The van der Waals surface area contributed by atoms with E-state index in [9.17, 15) is 4.79 Å². The molecule has 0 bridgehead atoms. The quantitative estimate of drug-likeness (QED) is 0.228. The number of amides is 1. The third-order valence-electron chi connectivity index (χ3n) is 7.13. The van der Waals surface area contributed by atoms with E-state index in [0.717, 1.165) is 37.3 Å². The summed E-state index contributed by atoms with van der Waals surface area (Å²) < 4.78 is 2.05. The lowest BCUT2D eigenvalue weighted by Gasteiger charge is -2.34. The van der Waals surface area contributed by atoms with Crippen LogP contribution in [0.3, 0.4) is 0 Å². The molecule has 0 aliphatic carbocycles. The molecule has 1 aliphatic rings. The van der Waals surface area contributed by atoms with Crippen molar-refractivity contribution in [1.29, 1.82) is 0 Å². The van der Waals surface area contributed by atoms with Gasteiger partial charge in [-0.15, -0.1) is 0 Å². The Hall–Kier alpha value is -4.18. The van der Waals surface area contributed by atoms with Crippen LogP contribution in [0.15, 0.2) is 54.9 Å². The fraction of sp³-hybridized carbons (Fsp3) is 0.379. The fourth-order valence-corrected chi connectivity index (χ4v) is 4.84. The van der Waals surface area contributed by atoms with Crippen molar-refractivity contribution in [2.45, 2.75) is 58.7 Å². The minimum atomic E-state index is -0.206. The van der Waals surface area contributed by atoms with E-state index in [1.807, 2.05) is 30.6 Å². The van der Waals surface area contributed by atoms with Gasteiger partial charge < -0.3 is 31.2 Å². The minimum absolute atomic E-state index is 0.201. The molecule has 2 aromatic carbocycles. The Labute approximate surface area is 229 Å². The average molecular weight is 528 g/mol. The molecule has 0 unspecified atom stereocenters. The first kappa shape index (κ1) is 26.4. The molecule has 0 radical (unpaired) electrons. The van der Waals surface area contributed by atoms with E-state index < -0.39 is 0 Å².